The second-order valence-electron chi connectivity index (χ2n) is 4.76. The van der Waals surface area contributed by atoms with Gasteiger partial charge in [-0.05, 0) is 26.0 Å². The lowest BCUT2D eigenvalue weighted by atomic mass is 10.1. The van der Waals surface area contributed by atoms with Crippen LogP contribution in [0.3, 0.4) is 0 Å². The standard InChI is InChI=1S/C13H21N3O2/c1-10-8-14-5-6-16(10)11(2)13(17)15-9-12-4-3-7-18-12/h3-4,7,10-11,14H,5-6,8-9H2,1-2H3,(H,15,17)/t10-,11?/m0/s1. The van der Waals surface area contributed by atoms with Crippen LogP contribution in [0.5, 0.6) is 0 Å². The van der Waals surface area contributed by atoms with Crippen molar-refractivity contribution in [3.63, 3.8) is 0 Å². The summed E-state index contributed by atoms with van der Waals surface area (Å²) in [7, 11) is 0. The number of hydrogen-bond donors (Lipinski definition) is 2. The molecule has 5 nitrogen and oxygen atoms in total. The van der Waals surface area contributed by atoms with Crippen molar-refractivity contribution in [2.75, 3.05) is 19.6 Å². The second-order valence-corrected chi connectivity index (χ2v) is 4.76. The smallest absolute Gasteiger partial charge is 0.237 e. The Morgan fingerprint density at radius 2 is 2.56 bits per heavy atom. The van der Waals surface area contributed by atoms with E-state index in [9.17, 15) is 4.79 Å². The number of amides is 1. The molecule has 0 aromatic carbocycles. The predicted molar refractivity (Wildman–Crippen MR) is 69.1 cm³/mol. The van der Waals surface area contributed by atoms with E-state index in [1.807, 2.05) is 19.1 Å². The highest BCUT2D eigenvalue weighted by molar-refractivity contribution is 5.81. The maximum atomic E-state index is 12.1. The molecule has 1 aliphatic rings. The predicted octanol–water partition coefficient (Wildman–Crippen LogP) is 0.578. The molecule has 1 aromatic rings. The largest absolute Gasteiger partial charge is 0.467 e. The van der Waals surface area contributed by atoms with Crippen LogP contribution in [0.25, 0.3) is 0 Å². The number of nitrogens with one attached hydrogen (secondary N) is 2. The summed E-state index contributed by atoms with van der Waals surface area (Å²) in [5, 5.41) is 6.23. The summed E-state index contributed by atoms with van der Waals surface area (Å²) in [4.78, 5) is 14.3. The van der Waals surface area contributed by atoms with Gasteiger partial charge in [-0.25, -0.2) is 0 Å². The molecule has 0 aliphatic carbocycles. The summed E-state index contributed by atoms with van der Waals surface area (Å²) >= 11 is 0. The summed E-state index contributed by atoms with van der Waals surface area (Å²) < 4.78 is 5.19. The van der Waals surface area contributed by atoms with Crippen molar-refractivity contribution in [1.82, 2.24) is 15.5 Å². The number of piperazine rings is 1. The van der Waals surface area contributed by atoms with E-state index in [-0.39, 0.29) is 11.9 Å². The summed E-state index contributed by atoms with van der Waals surface area (Å²) in [6.07, 6.45) is 1.61. The Morgan fingerprint density at radius 3 is 3.22 bits per heavy atom. The van der Waals surface area contributed by atoms with E-state index in [0.29, 0.717) is 12.6 Å². The highest BCUT2D eigenvalue weighted by Crippen LogP contribution is 2.08. The van der Waals surface area contributed by atoms with E-state index >= 15 is 0 Å². The Morgan fingerprint density at radius 1 is 1.72 bits per heavy atom. The fourth-order valence-electron chi connectivity index (χ4n) is 2.32. The number of nitrogens with zero attached hydrogens (tertiary/aromatic N) is 1. The maximum absolute atomic E-state index is 12.1. The highest BCUT2D eigenvalue weighted by atomic mass is 16.3. The molecule has 2 atom stereocenters. The van der Waals surface area contributed by atoms with Crippen LogP contribution < -0.4 is 10.6 Å². The average Bonchev–Trinajstić information content (AvgIpc) is 2.89. The monoisotopic (exact) mass is 251 g/mol. The normalized spacial score (nSPS) is 22.7. The van der Waals surface area contributed by atoms with Crippen molar-refractivity contribution in [3.05, 3.63) is 24.2 Å². The molecule has 1 fully saturated rings. The van der Waals surface area contributed by atoms with Crippen molar-refractivity contribution in [2.45, 2.75) is 32.5 Å². The third-order valence-electron chi connectivity index (χ3n) is 3.45. The van der Waals surface area contributed by atoms with Gasteiger partial charge in [0.2, 0.25) is 5.91 Å². The first-order valence-corrected chi connectivity index (χ1v) is 6.45. The van der Waals surface area contributed by atoms with Gasteiger partial charge in [-0.3, -0.25) is 9.69 Å². The van der Waals surface area contributed by atoms with Crippen LogP contribution in [0, 0.1) is 0 Å². The topological polar surface area (TPSA) is 57.5 Å². The van der Waals surface area contributed by atoms with Gasteiger partial charge in [0.15, 0.2) is 0 Å². The zero-order chi connectivity index (χ0) is 13.0. The molecule has 0 saturated carbocycles. The Balaban J connectivity index is 1.84. The summed E-state index contributed by atoms with van der Waals surface area (Å²) in [6.45, 7) is 7.35. The molecule has 2 rings (SSSR count). The van der Waals surface area contributed by atoms with Crippen molar-refractivity contribution >= 4 is 5.91 Å². The van der Waals surface area contributed by atoms with E-state index in [1.54, 1.807) is 6.26 Å². The van der Waals surface area contributed by atoms with Gasteiger partial charge in [-0.15, -0.1) is 0 Å². The Hall–Kier alpha value is -1.33. The minimum atomic E-state index is -0.0999. The molecule has 1 unspecified atom stereocenters. The van der Waals surface area contributed by atoms with Gasteiger partial charge in [0.25, 0.3) is 0 Å². The molecule has 1 saturated heterocycles. The van der Waals surface area contributed by atoms with Gasteiger partial charge in [0.05, 0.1) is 18.8 Å². The molecule has 18 heavy (non-hydrogen) atoms. The summed E-state index contributed by atoms with van der Waals surface area (Å²) in [6, 6.07) is 3.97. The molecule has 2 heterocycles. The number of carbonyl (C=O) groups excluding carboxylic acids is 1. The zero-order valence-corrected chi connectivity index (χ0v) is 11.0. The van der Waals surface area contributed by atoms with E-state index in [0.717, 1.165) is 25.4 Å². The van der Waals surface area contributed by atoms with Crippen molar-refractivity contribution < 1.29 is 9.21 Å². The first-order valence-electron chi connectivity index (χ1n) is 6.45. The van der Waals surface area contributed by atoms with E-state index in [2.05, 4.69) is 22.5 Å². The molecule has 1 aromatic heterocycles. The third kappa shape index (κ3) is 3.11. The van der Waals surface area contributed by atoms with Gasteiger partial charge in [-0.1, -0.05) is 0 Å². The average molecular weight is 251 g/mol. The van der Waals surface area contributed by atoms with E-state index in [4.69, 9.17) is 4.42 Å². The minimum Gasteiger partial charge on any atom is -0.467 e. The van der Waals surface area contributed by atoms with Crippen LogP contribution >= 0.6 is 0 Å². The summed E-state index contributed by atoms with van der Waals surface area (Å²) in [5.41, 5.74) is 0. The van der Waals surface area contributed by atoms with E-state index < -0.39 is 0 Å². The van der Waals surface area contributed by atoms with Crippen LogP contribution in [-0.4, -0.2) is 42.5 Å². The third-order valence-corrected chi connectivity index (χ3v) is 3.45. The minimum absolute atomic E-state index is 0.0557. The van der Waals surface area contributed by atoms with Gasteiger partial charge >= 0.3 is 0 Å². The molecule has 0 bridgehead atoms. The molecular weight excluding hydrogens is 230 g/mol. The van der Waals surface area contributed by atoms with Crippen molar-refractivity contribution in [3.8, 4) is 0 Å². The lowest BCUT2D eigenvalue weighted by molar-refractivity contribution is -0.127. The lowest BCUT2D eigenvalue weighted by Crippen LogP contribution is -2.57. The van der Waals surface area contributed by atoms with Gasteiger partial charge in [0, 0.05) is 25.7 Å². The maximum Gasteiger partial charge on any atom is 0.237 e. The molecule has 1 amide bonds. The quantitative estimate of drug-likeness (QED) is 0.822. The van der Waals surface area contributed by atoms with Gasteiger partial charge in [0.1, 0.15) is 5.76 Å². The first kappa shape index (κ1) is 13.1. The zero-order valence-electron chi connectivity index (χ0n) is 11.0. The summed E-state index contributed by atoms with van der Waals surface area (Å²) in [5.74, 6) is 0.837. The van der Waals surface area contributed by atoms with Crippen LogP contribution in [0.15, 0.2) is 22.8 Å². The number of rotatable bonds is 4. The molecular formula is C13H21N3O2. The van der Waals surface area contributed by atoms with Crippen LogP contribution in [0.2, 0.25) is 0 Å². The molecule has 0 spiro atoms. The second kappa shape index (κ2) is 6.02. The van der Waals surface area contributed by atoms with E-state index in [1.165, 1.54) is 0 Å². The number of furan rings is 1. The fourth-order valence-corrected chi connectivity index (χ4v) is 2.32. The lowest BCUT2D eigenvalue weighted by Gasteiger charge is -2.37. The van der Waals surface area contributed by atoms with Crippen molar-refractivity contribution in [1.29, 1.82) is 0 Å². The Kier molecular flexibility index (Phi) is 4.38. The molecule has 1 aliphatic heterocycles. The highest BCUT2D eigenvalue weighted by Gasteiger charge is 2.27. The van der Waals surface area contributed by atoms with Crippen LogP contribution in [0.1, 0.15) is 19.6 Å². The van der Waals surface area contributed by atoms with Gasteiger partial charge < -0.3 is 15.1 Å². The molecule has 2 N–H and O–H groups in total. The van der Waals surface area contributed by atoms with Crippen LogP contribution in [0.4, 0.5) is 0 Å². The fraction of sp³-hybridized carbons (Fsp3) is 0.615. The SMILES string of the molecule is CC(C(=O)NCc1ccco1)N1CCNC[C@@H]1C. The molecule has 0 radical (unpaired) electrons. The molecule has 100 valence electrons. The van der Waals surface area contributed by atoms with Crippen LogP contribution in [-0.2, 0) is 11.3 Å². The Labute approximate surface area is 108 Å². The molecule has 5 heteroatoms. The number of hydrogen-bond acceptors (Lipinski definition) is 4. The van der Waals surface area contributed by atoms with Gasteiger partial charge in [-0.2, -0.15) is 0 Å². The Bertz CT molecular complexity index is 378. The van der Waals surface area contributed by atoms with Crippen molar-refractivity contribution in [2.24, 2.45) is 0 Å². The number of carbonyl (C=O) groups is 1. The first-order chi connectivity index (χ1) is 8.68.